The van der Waals surface area contributed by atoms with Crippen LogP contribution in [-0.2, 0) is 6.42 Å². The van der Waals surface area contributed by atoms with E-state index in [9.17, 15) is 4.79 Å². The number of hydrogen-bond acceptors (Lipinski definition) is 3. The molecule has 0 aliphatic heterocycles. The predicted molar refractivity (Wildman–Crippen MR) is 90.0 cm³/mol. The molecule has 4 N–H and O–H groups in total. The lowest BCUT2D eigenvalue weighted by molar-refractivity contribution is 0.0952. The summed E-state index contributed by atoms with van der Waals surface area (Å²) in [5.74, 6) is -0.0444. The summed E-state index contributed by atoms with van der Waals surface area (Å²) in [6, 6.07) is 16.1. The largest absolute Gasteiger partial charge is 0.399 e. The van der Waals surface area contributed by atoms with Crippen LogP contribution in [0, 0.1) is 0 Å². The Kier molecular flexibility index (Phi) is 4.28. The first-order valence-corrected chi connectivity index (χ1v) is 7.70. The van der Waals surface area contributed by atoms with Gasteiger partial charge in [-0.3, -0.25) is 4.79 Å². The van der Waals surface area contributed by atoms with Crippen LogP contribution < -0.4 is 16.4 Å². The summed E-state index contributed by atoms with van der Waals surface area (Å²) in [4.78, 5) is 12.3. The van der Waals surface area contributed by atoms with Crippen LogP contribution in [0.3, 0.4) is 0 Å². The van der Waals surface area contributed by atoms with Gasteiger partial charge in [-0.25, -0.2) is 0 Å². The van der Waals surface area contributed by atoms with E-state index in [0.29, 0.717) is 17.3 Å². The van der Waals surface area contributed by atoms with Crippen LogP contribution >= 0.6 is 0 Å². The maximum Gasteiger partial charge on any atom is 0.253 e. The second kappa shape index (κ2) is 6.52. The quantitative estimate of drug-likeness (QED) is 0.718. The molecule has 0 saturated heterocycles. The SMILES string of the molecule is Nc1ccc(NCCc2ccccc2)c(C(=O)NC2CC2)c1. The molecule has 4 nitrogen and oxygen atoms in total. The molecule has 22 heavy (non-hydrogen) atoms. The molecule has 2 aromatic rings. The third-order valence-corrected chi connectivity index (χ3v) is 3.77. The van der Waals surface area contributed by atoms with Crippen LogP contribution in [0.2, 0.25) is 0 Å². The van der Waals surface area contributed by atoms with Gasteiger partial charge in [0.15, 0.2) is 0 Å². The number of nitrogens with one attached hydrogen (secondary N) is 2. The topological polar surface area (TPSA) is 67.1 Å². The van der Waals surface area contributed by atoms with Gasteiger partial charge in [0.1, 0.15) is 0 Å². The van der Waals surface area contributed by atoms with E-state index in [4.69, 9.17) is 5.73 Å². The molecule has 0 atom stereocenters. The minimum atomic E-state index is -0.0444. The van der Waals surface area contributed by atoms with Gasteiger partial charge in [-0.2, -0.15) is 0 Å². The number of hydrogen-bond donors (Lipinski definition) is 3. The molecular weight excluding hydrogens is 274 g/mol. The average molecular weight is 295 g/mol. The lowest BCUT2D eigenvalue weighted by atomic mass is 10.1. The summed E-state index contributed by atoms with van der Waals surface area (Å²) in [6.07, 6.45) is 3.06. The molecule has 0 radical (unpaired) electrons. The minimum Gasteiger partial charge on any atom is -0.399 e. The van der Waals surface area contributed by atoms with E-state index in [0.717, 1.165) is 31.5 Å². The Morgan fingerprint density at radius 3 is 2.64 bits per heavy atom. The van der Waals surface area contributed by atoms with Crippen molar-refractivity contribution >= 4 is 17.3 Å². The van der Waals surface area contributed by atoms with E-state index in [-0.39, 0.29) is 5.91 Å². The van der Waals surface area contributed by atoms with Gasteiger partial charge in [0, 0.05) is 24.0 Å². The normalized spacial score (nSPS) is 13.6. The second-order valence-corrected chi connectivity index (χ2v) is 5.72. The minimum absolute atomic E-state index is 0.0444. The Bertz CT molecular complexity index is 651. The van der Waals surface area contributed by atoms with Gasteiger partial charge in [0.25, 0.3) is 5.91 Å². The molecule has 0 heterocycles. The van der Waals surface area contributed by atoms with Crippen LogP contribution in [0.15, 0.2) is 48.5 Å². The number of benzene rings is 2. The maximum atomic E-state index is 12.3. The highest BCUT2D eigenvalue weighted by Gasteiger charge is 2.24. The van der Waals surface area contributed by atoms with Crippen molar-refractivity contribution in [3.63, 3.8) is 0 Å². The maximum absolute atomic E-state index is 12.3. The number of carbonyl (C=O) groups is 1. The molecule has 3 rings (SSSR count). The third-order valence-electron chi connectivity index (χ3n) is 3.77. The molecule has 114 valence electrons. The smallest absolute Gasteiger partial charge is 0.253 e. The van der Waals surface area contributed by atoms with E-state index < -0.39 is 0 Å². The van der Waals surface area contributed by atoms with Crippen molar-refractivity contribution in [2.24, 2.45) is 0 Å². The van der Waals surface area contributed by atoms with E-state index in [1.54, 1.807) is 6.07 Å². The fraction of sp³-hybridized carbons (Fsp3) is 0.278. The molecule has 1 aliphatic carbocycles. The van der Waals surface area contributed by atoms with Crippen molar-refractivity contribution in [2.75, 3.05) is 17.6 Å². The summed E-state index contributed by atoms with van der Waals surface area (Å²) < 4.78 is 0. The molecule has 0 unspecified atom stereocenters. The molecule has 1 aliphatic rings. The Labute approximate surface area is 130 Å². The molecule has 2 aromatic carbocycles. The first-order valence-electron chi connectivity index (χ1n) is 7.70. The summed E-state index contributed by atoms with van der Waals surface area (Å²) >= 11 is 0. The monoisotopic (exact) mass is 295 g/mol. The van der Waals surface area contributed by atoms with Gasteiger partial charge in [-0.05, 0) is 43.0 Å². The number of nitrogens with two attached hydrogens (primary N) is 1. The van der Waals surface area contributed by atoms with Crippen LogP contribution in [0.1, 0.15) is 28.8 Å². The number of amides is 1. The Balaban J connectivity index is 1.65. The van der Waals surface area contributed by atoms with Gasteiger partial charge in [0.2, 0.25) is 0 Å². The first kappa shape index (κ1) is 14.4. The fourth-order valence-corrected chi connectivity index (χ4v) is 2.38. The number of nitrogen functional groups attached to an aromatic ring is 1. The van der Waals surface area contributed by atoms with Gasteiger partial charge in [0.05, 0.1) is 5.56 Å². The van der Waals surface area contributed by atoms with Crippen LogP contribution in [-0.4, -0.2) is 18.5 Å². The third kappa shape index (κ3) is 3.79. The van der Waals surface area contributed by atoms with Gasteiger partial charge in [-0.1, -0.05) is 30.3 Å². The zero-order valence-corrected chi connectivity index (χ0v) is 12.5. The number of rotatable bonds is 6. The standard InChI is InChI=1S/C18H21N3O/c19-14-6-9-17(16(12-14)18(22)21-15-7-8-15)20-11-10-13-4-2-1-3-5-13/h1-6,9,12,15,20H,7-8,10-11,19H2,(H,21,22). The molecule has 1 saturated carbocycles. The van der Waals surface area contributed by atoms with E-state index >= 15 is 0 Å². The summed E-state index contributed by atoms with van der Waals surface area (Å²) in [5.41, 5.74) is 9.16. The van der Waals surface area contributed by atoms with Crippen molar-refractivity contribution in [3.8, 4) is 0 Å². The Morgan fingerprint density at radius 1 is 1.14 bits per heavy atom. The lowest BCUT2D eigenvalue weighted by Gasteiger charge is -2.13. The van der Waals surface area contributed by atoms with Crippen molar-refractivity contribution in [2.45, 2.75) is 25.3 Å². The van der Waals surface area contributed by atoms with Gasteiger partial charge in [-0.15, -0.1) is 0 Å². The van der Waals surface area contributed by atoms with Crippen molar-refractivity contribution < 1.29 is 4.79 Å². The Morgan fingerprint density at radius 2 is 1.91 bits per heavy atom. The van der Waals surface area contributed by atoms with E-state index in [1.807, 2.05) is 30.3 Å². The predicted octanol–water partition coefficient (Wildman–Crippen LogP) is 2.82. The molecule has 4 heteroatoms. The Hall–Kier alpha value is -2.49. The number of anilines is 2. The second-order valence-electron chi connectivity index (χ2n) is 5.72. The number of carbonyl (C=O) groups excluding carboxylic acids is 1. The fourth-order valence-electron chi connectivity index (χ4n) is 2.38. The van der Waals surface area contributed by atoms with Crippen molar-refractivity contribution in [3.05, 3.63) is 59.7 Å². The van der Waals surface area contributed by atoms with Crippen LogP contribution in [0.25, 0.3) is 0 Å². The van der Waals surface area contributed by atoms with E-state index in [2.05, 4.69) is 22.8 Å². The average Bonchev–Trinajstić information content (AvgIpc) is 3.33. The lowest BCUT2D eigenvalue weighted by Crippen LogP contribution is -2.26. The molecule has 0 spiro atoms. The molecule has 1 fully saturated rings. The highest BCUT2D eigenvalue weighted by Crippen LogP contribution is 2.23. The highest BCUT2D eigenvalue weighted by atomic mass is 16.1. The van der Waals surface area contributed by atoms with Crippen LogP contribution in [0.5, 0.6) is 0 Å². The molecule has 0 aromatic heterocycles. The zero-order valence-electron chi connectivity index (χ0n) is 12.5. The molecule has 1 amide bonds. The zero-order chi connectivity index (χ0) is 15.4. The van der Waals surface area contributed by atoms with Crippen molar-refractivity contribution in [1.29, 1.82) is 0 Å². The summed E-state index contributed by atoms with van der Waals surface area (Å²) in [5, 5.41) is 6.36. The summed E-state index contributed by atoms with van der Waals surface area (Å²) in [7, 11) is 0. The van der Waals surface area contributed by atoms with Crippen molar-refractivity contribution in [1.82, 2.24) is 5.32 Å². The molecular formula is C18H21N3O. The summed E-state index contributed by atoms with van der Waals surface area (Å²) in [6.45, 7) is 0.775. The van der Waals surface area contributed by atoms with Crippen LogP contribution in [0.4, 0.5) is 11.4 Å². The van der Waals surface area contributed by atoms with Gasteiger partial charge >= 0.3 is 0 Å². The first-order chi connectivity index (χ1) is 10.7. The highest BCUT2D eigenvalue weighted by molar-refractivity contribution is 6.00. The van der Waals surface area contributed by atoms with Gasteiger partial charge < -0.3 is 16.4 Å². The van der Waals surface area contributed by atoms with E-state index in [1.165, 1.54) is 5.56 Å². The molecule has 0 bridgehead atoms.